The fraction of sp³-hybridized carbons (Fsp3) is 0.167. The molecule has 1 aliphatic heterocycles. The van der Waals surface area contributed by atoms with Crippen LogP contribution in [0.1, 0.15) is 11.3 Å². The van der Waals surface area contributed by atoms with Crippen molar-refractivity contribution in [2.75, 3.05) is 13.7 Å². The van der Waals surface area contributed by atoms with Crippen LogP contribution in [0.2, 0.25) is 10.0 Å². The van der Waals surface area contributed by atoms with E-state index in [1.165, 1.54) is 25.5 Å². The summed E-state index contributed by atoms with van der Waals surface area (Å²) in [6, 6.07) is 6.47. The van der Waals surface area contributed by atoms with Crippen LogP contribution in [-0.2, 0) is 16.1 Å². The molecule has 3 rings (SSSR count). The average Bonchev–Trinajstić information content (AvgIpc) is 3.24. The van der Waals surface area contributed by atoms with Gasteiger partial charge in [-0.25, -0.2) is 0 Å². The highest BCUT2D eigenvalue weighted by Crippen LogP contribution is 2.37. The van der Waals surface area contributed by atoms with E-state index in [0.29, 0.717) is 22.1 Å². The molecule has 2 heterocycles. The monoisotopic (exact) mass is 440 g/mol. The molecule has 1 N–H and O–H groups in total. The number of carbonyl (C=O) groups excluding carboxylic acids is 3. The van der Waals surface area contributed by atoms with E-state index in [1.54, 1.807) is 18.2 Å². The number of nitrogens with zero attached hydrogens (tertiary/aromatic N) is 1. The molecule has 0 radical (unpaired) electrons. The Morgan fingerprint density at radius 3 is 2.82 bits per heavy atom. The van der Waals surface area contributed by atoms with Crippen molar-refractivity contribution in [3.05, 3.63) is 56.8 Å². The molecule has 146 valence electrons. The van der Waals surface area contributed by atoms with Gasteiger partial charge in [0.05, 0.1) is 29.8 Å². The van der Waals surface area contributed by atoms with E-state index in [9.17, 15) is 14.4 Å². The molecule has 2 aromatic rings. The maximum atomic E-state index is 12.6. The fourth-order valence-corrected chi connectivity index (χ4v) is 3.89. The van der Waals surface area contributed by atoms with Crippen LogP contribution in [0.3, 0.4) is 0 Å². The van der Waals surface area contributed by atoms with Gasteiger partial charge in [0, 0.05) is 10.6 Å². The minimum Gasteiger partial charge on any atom is -0.495 e. The second-order valence-electron chi connectivity index (χ2n) is 5.63. The van der Waals surface area contributed by atoms with Gasteiger partial charge in [0.2, 0.25) is 5.91 Å². The van der Waals surface area contributed by atoms with Gasteiger partial charge in [-0.05, 0) is 42.1 Å². The molecule has 1 aliphatic rings. The number of rotatable bonds is 6. The van der Waals surface area contributed by atoms with Gasteiger partial charge in [-0.1, -0.05) is 23.2 Å². The molecule has 10 heteroatoms. The lowest BCUT2D eigenvalue weighted by molar-refractivity contribution is -0.129. The first-order chi connectivity index (χ1) is 13.4. The largest absolute Gasteiger partial charge is 0.495 e. The molecule has 0 spiro atoms. The van der Waals surface area contributed by atoms with Crippen molar-refractivity contribution in [3.8, 4) is 5.75 Å². The van der Waals surface area contributed by atoms with Crippen LogP contribution in [0.5, 0.6) is 5.75 Å². The van der Waals surface area contributed by atoms with Gasteiger partial charge in [0.15, 0.2) is 0 Å². The first-order valence-electron chi connectivity index (χ1n) is 7.96. The van der Waals surface area contributed by atoms with Gasteiger partial charge in [-0.15, -0.1) is 0 Å². The van der Waals surface area contributed by atoms with Crippen molar-refractivity contribution in [2.24, 2.45) is 0 Å². The second-order valence-corrected chi connectivity index (χ2v) is 7.47. The number of furan rings is 1. The first-order valence-corrected chi connectivity index (χ1v) is 9.53. The van der Waals surface area contributed by atoms with E-state index in [0.717, 1.165) is 16.7 Å². The van der Waals surface area contributed by atoms with Crippen LogP contribution in [0.4, 0.5) is 4.79 Å². The van der Waals surface area contributed by atoms with Crippen molar-refractivity contribution >= 4 is 58.1 Å². The van der Waals surface area contributed by atoms with Crippen LogP contribution in [0.15, 0.2) is 39.9 Å². The van der Waals surface area contributed by atoms with Gasteiger partial charge in [-0.2, -0.15) is 0 Å². The van der Waals surface area contributed by atoms with Gasteiger partial charge in [0.1, 0.15) is 18.1 Å². The molecule has 7 nitrogen and oxygen atoms in total. The Balaban J connectivity index is 1.73. The Bertz CT molecular complexity index is 959. The van der Waals surface area contributed by atoms with Crippen LogP contribution < -0.4 is 10.1 Å². The van der Waals surface area contributed by atoms with Crippen LogP contribution in [0, 0.1) is 0 Å². The van der Waals surface area contributed by atoms with Crippen molar-refractivity contribution < 1.29 is 23.5 Å². The Morgan fingerprint density at radius 1 is 1.36 bits per heavy atom. The van der Waals surface area contributed by atoms with Crippen molar-refractivity contribution in [3.63, 3.8) is 0 Å². The Kier molecular flexibility index (Phi) is 6.33. The third kappa shape index (κ3) is 4.52. The van der Waals surface area contributed by atoms with Crippen LogP contribution >= 0.6 is 35.0 Å². The minimum atomic E-state index is -0.582. The number of carbonyl (C=O) groups is 3. The van der Waals surface area contributed by atoms with Gasteiger partial charge >= 0.3 is 0 Å². The third-order valence-corrected chi connectivity index (χ3v) is 5.15. The number of imide groups is 1. The maximum absolute atomic E-state index is 12.6. The highest BCUT2D eigenvalue weighted by molar-refractivity contribution is 8.18. The van der Waals surface area contributed by atoms with Gasteiger partial charge in [-0.3, -0.25) is 19.3 Å². The topological polar surface area (TPSA) is 88.8 Å². The molecule has 0 aliphatic carbocycles. The molecule has 0 bridgehead atoms. The zero-order valence-electron chi connectivity index (χ0n) is 14.5. The summed E-state index contributed by atoms with van der Waals surface area (Å²) >= 11 is 12.8. The first kappa shape index (κ1) is 20.3. The van der Waals surface area contributed by atoms with Crippen LogP contribution in [0.25, 0.3) is 6.08 Å². The lowest BCUT2D eigenvalue weighted by Gasteiger charge is -2.12. The van der Waals surface area contributed by atoms with Gasteiger partial charge < -0.3 is 14.5 Å². The normalized spacial score (nSPS) is 15.4. The molecule has 0 atom stereocenters. The zero-order valence-corrected chi connectivity index (χ0v) is 16.9. The molecule has 0 saturated carbocycles. The Hall–Kier alpha value is -2.42. The minimum absolute atomic E-state index is 0.139. The number of hydrogen-bond acceptors (Lipinski definition) is 6. The summed E-state index contributed by atoms with van der Waals surface area (Å²) in [5, 5.41) is 2.67. The number of halogens is 2. The number of amides is 3. The summed E-state index contributed by atoms with van der Waals surface area (Å²) in [4.78, 5) is 37.8. The number of thioether (sulfide) groups is 1. The predicted octanol–water partition coefficient (Wildman–Crippen LogP) is 3.95. The van der Waals surface area contributed by atoms with E-state index < -0.39 is 23.6 Å². The summed E-state index contributed by atoms with van der Waals surface area (Å²) in [5.41, 5.74) is 0.452. The van der Waals surface area contributed by atoms with E-state index in [-0.39, 0.29) is 16.5 Å². The highest BCUT2D eigenvalue weighted by atomic mass is 35.5. The molecule has 1 fully saturated rings. The summed E-state index contributed by atoms with van der Waals surface area (Å²) in [6.07, 6.45) is 2.95. The summed E-state index contributed by atoms with van der Waals surface area (Å²) < 4.78 is 10.3. The summed E-state index contributed by atoms with van der Waals surface area (Å²) in [7, 11) is 1.43. The summed E-state index contributed by atoms with van der Waals surface area (Å²) in [6.45, 7) is -0.230. The van der Waals surface area contributed by atoms with Crippen molar-refractivity contribution in [1.82, 2.24) is 10.2 Å². The highest BCUT2D eigenvalue weighted by Gasteiger charge is 2.36. The fourth-order valence-electron chi connectivity index (χ4n) is 2.48. The molecular weight excluding hydrogens is 427 g/mol. The quantitative estimate of drug-likeness (QED) is 0.683. The standard InChI is InChI=1S/C18H14Cl2N2O5S/c1-26-16-10(5-11(19)7-13(16)20)6-14-17(24)22(18(25)28-14)9-15(23)21-8-12-3-2-4-27-12/h2-7H,8-9H2,1H3,(H,21,23)/b14-6-. The zero-order chi connectivity index (χ0) is 20.3. The van der Waals surface area contributed by atoms with E-state index >= 15 is 0 Å². The third-order valence-electron chi connectivity index (χ3n) is 3.74. The number of methoxy groups -OCH3 is 1. The number of hydrogen-bond donors (Lipinski definition) is 1. The molecule has 0 unspecified atom stereocenters. The Morgan fingerprint density at radius 2 is 2.14 bits per heavy atom. The number of nitrogens with one attached hydrogen (secondary N) is 1. The summed E-state index contributed by atoms with van der Waals surface area (Å²) in [5.74, 6) is -0.175. The second kappa shape index (κ2) is 8.72. The molecule has 28 heavy (non-hydrogen) atoms. The van der Waals surface area contributed by atoms with Crippen molar-refractivity contribution in [2.45, 2.75) is 6.54 Å². The molecule has 1 saturated heterocycles. The maximum Gasteiger partial charge on any atom is 0.294 e. The van der Waals surface area contributed by atoms with Crippen molar-refractivity contribution in [1.29, 1.82) is 0 Å². The molecule has 1 aromatic heterocycles. The van der Waals surface area contributed by atoms with E-state index in [1.807, 2.05) is 0 Å². The molecular formula is C18H14Cl2N2O5S. The lowest BCUT2D eigenvalue weighted by atomic mass is 10.2. The Labute approximate surface area is 174 Å². The number of ether oxygens (including phenoxy) is 1. The van der Waals surface area contributed by atoms with E-state index in [4.69, 9.17) is 32.4 Å². The lowest BCUT2D eigenvalue weighted by Crippen LogP contribution is -2.39. The smallest absolute Gasteiger partial charge is 0.294 e. The SMILES string of the molecule is COc1c(Cl)cc(Cl)cc1/C=C1\SC(=O)N(CC(=O)NCc2ccco2)C1=O. The molecule has 3 amide bonds. The van der Waals surface area contributed by atoms with Crippen LogP contribution in [-0.4, -0.2) is 35.6 Å². The van der Waals surface area contributed by atoms with E-state index in [2.05, 4.69) is 5.32 Å². The average molecular weight is 441 g/mol. The predicted molar refractivity (Wildman–Crippen MR) is 106 cm³/mol. The molecule has 1 aromatic carbocycles. The van der Waals surface area contributed by atoms with Gasteiger partial charge in [0.25, 0.3) is 11.1 Å². The number of benzene rings is 1.